The van der Waals surface area contributed by atoms with Gasteiger partial charge in [0.25, 0.3) is 0 Å². The monoisotopic (exact) mass is 735 g/mol. The van der Waals surface area contributed by atoms with Crippen molar-refractivity contribution < 1.29 is 0 Å². The lowest BCUT2D eigenvalue weighted by atomic mass is 9.70. The Kier molecular flexibility index (Phi) is 7.21. The standard InChI is InChI=1S/C57H37N/c1-2-15-39(16-3-1)47-18-9-13-25-56(47)58(45-31-30-43-35-42(28-29-44(43)36-45)41-27-26-38-14-4-5-17-40(38)34-41)46-32-33-51-50-21-8-12-24-54(50)57(55(51)37-46)52-22-10-6-19-48(52)49-20-7-11-23-53(49)57/h1-37H. The lowest BCUT2D eigenvalue weighted by Gasteiger charge is -2.32. The molecule has 0 N–H and O–H groups in total. The van der Waals surface area contributed by atoms with Gasteiger partial charge in [-0.05, 0) is 125 Å². The number of anilines is 3. The summed E-state index contributed by atoms with van der Waals surface area (Å²) in [5.74, 6) is 0. The molecule has 58 heavy (non-hydrogen) atoms. The molecule has 270 valence electrons. The first-order chi connectivity index (χ1) is 28.8. The van der Waals surface area contributed by atoms with Crippen LogP contribution in [0.25, 0.3) is 66.1 Å². The molecule has 0 saturated heterocycles. The van der Waals surface area contributed by atoms with E-state index in [4.69, 9.17) is 0 Å². The highest BCUT2D eigenvalue weighted by atomic mass is 15.1. The Morgan fingerprint density at radius 1 is 0.259 bits per heavy atom. The number of benzene rings is 10. The van der Waals surface area contributed by atoms with Gasteiger partial charge in [0.15, 0.2) is 0 Å². The molecular weight excluding hydrogens is 699 g/mol. The molecule has 2 aliphatic carbocycles. The van der Waals surface area contributed by atoms with Gasteiger partial charge >= 0.3 is 0 Å². The zero-order valence-corrected chi connectivity index (χ0v) is 31.8. The van der Waals surface area contributed by atoms with Crippen molar-refractivity contribution in [3.05, 3.63) is 247 Å². The third-order valence-electron chi connectivity index (χ3n) is 12.6. The predicted molar refractivity (Wildman–Crippen MR) is 243 cm³/mol. The zero-order chi connectivity index (χ0) is 38.2. The number of rotatable bonds is 5. The van der Waals surface area contributed by atoms with Gasteiger partial charge in [-0.2, -0.15) is 0 Å². The maximum Gasteiger partial charge on any atom is 0.0726 e. The van der Waals surface area contributed by atoms with Crippen molar-refractivity contribution in [3.8, 4) is 44.5 Å². The molecule has 10 aromatic carbocycles. The number of hydrogen-bond donors (Lipinski definition) is 0. The van der Waals surface area contributed by atoms with Crippen LogP contribution in [0.5, 0.6) is 0 Å². The van der Waals surface area contributed by atoms with Gasteiger partial charge in [0.2, 0.25) is 0 Å². The summed E-state index contributed by atoms with van der Waals surface area (Å²) in [6.07, 6.45) is 0. The van der Waals surface area contributed by atoms with Gasteiger partial charge in [0.1, 0.15) is 0 Å². The van der Waals surface area contributed by atoms with E-state index in [0.717, 1.165) is 17.1 Å². The molecule has 0 aromatic heterocycles. The van der Waals surface area contributed by atoms with Crippen LogP contribution in [-0.4, -0.2) is 0 Å². The molecule has 0 aliphatic heterocycles. The molecule has 1 nitrogen and oxygen atoms in total. The lowest BCUT2D eigenvalue weighted by Crippen LogP contribution is -2.26. The topological polar surface area (TPSA) is 3.24 Å². The number of hydrogen-bond acceptors (Lipinski definition) is 1. The smallest absolute Gasteiger partial charge is 0.0726 e. The fourth-order valence-electron chi connectivity index (χ4n) is 10.1. The maximum absolute atomic E-state index is 2.49. The van der Waals surface area contributed by atoms with E-state index in [2.05, 4.69) is 229 Å². The predicted octanol–water partition coefficient (Wildman–Crippen LogP) is 15.1. The van der Waals surface area contributed by atoms with Gasteiger partial charge < -0.3 is 4.90 Å². The summed E-state index contributed by atoms with van der Waals surface area (Å²) < 4.78 is 0. The summed E-state index contributed by atoms with van der Waals surface area (Å²) in [6, 6.07) is 83.1. The molecule has 0 saturated carbocycles. The molecule has 0 fully saturated rings. The third kappa shape index (κ3) is 4.77. The molecule has 0 amide bonds. The van der Waals surface area contributed by atoms with Crippen LogP contribution in [0.15, 0.2) is 224 Å². The van der Waals surface area contributed by atoms with Crippen molar-refractivity contribution >= 4 is 38.6 Å². The van der Waals surface area contributed by atoms with Crippen LogP contribution < -0.4 is 4.90 Å². The second-order valence-electron chi connectivity index (χ2n) is 15.6. The highest BCUT2D eigenvalue weighted by Gasteiger charge is 2.51. The first-order valence-electron chi connectivity index (χ1n) is 20.2. The summed E-state index contributed by atoms with van der Waals surface area (Å²) in [5.41, 5.74) is 18.4. The SMILES string of the molecule is c1ccc(-c2ccccc2N(c2ccc3c(c2)C2(c4ccccc4-c4ccccc42)c2ccccc2-3)c2ccc3cc(-c4ccc5ccccc5c4)ccc3c2)cc1. The van der Waals surface area contributed by atoms with Crippen LogP contribution in [0.4, 0.5) is 17.1 Å². The highest BCUT2D eigenvalue weighted by Crippen LogP contribution is 2.63. The van der Waals surface area contributed by atoms with E-state index in [1.54, 1.807) is 0 Å². The molecule has 0 unspecified atom stereocenters. The normalized spacial score (nSPS) is 13.0. The first-order valence-corrected chi connectivity index (χ1v) is 20.2. The minimum Gasteiger partial charge on any atom is -0.310 e. The van der Waals surface area contributed by atoms with E-state index in [0.29, 0.717) is 0 Å². The largest absolute Gasteiger partial charge is 0.310 e. The lowest BCUT2D eigenvalue weighted by molar-refractivity contribution is 0.793. The van der Waals surface area contributed by atoms with Crippen molar-refractivity contribution in [1.29, 1.82) is 0 Å². The summed E-state index contributed by atoms with van der Waals surface area (Å²) >= 11 is 0. The average molecular weight is 736 g/mol. The molecule has 10 aromatic rings. The molecule has 0 bridgehead atoms. The van der Waals surface area contributed by atoms with Gasteiger partial charge in [-0.25, -0.2) is 0 Å². The Labute approximate surface area is 338 Å². The Morgan fingerprint density at radius 3 is 1.38 bits per heavy atom. The van der Waals surface area contributed by atoms with Crippen molar-refractivity contribution in [2.24, 2.45) is 0 Å². The van der Waals surface area contributed by atoms with Crippen molar-refractivity contribution in [1.82, 2.24) is 0 Å². The Bertz CT molecular complexity index is 3180. The fourth-order valence-corrected chi connectivity index (χ4v) is 10.1. The molecule has 12 rings (SSSR count). The van der Waals surface area contributed by atoms with Crippen LogP contribution in [0.3, 0.4) is 0 Å². The van der Waals surface area contributed by atoms with Crippen LogP contribution in [0.2, 0.25) is 0 Å². The fraction of sp³-hybridized carbons (Fsp3) is 0.0175. The summed E-state index contributed by atoms with van der Waals surface area (Å²) in [6.45, 7) is 0. The van der Waals surface area contributed by atoms with Crippen LogP contribution in [0, 0.1) is 0 Å². The van der Waals surface area contributed by atoms with E-state index in [-0.39, 0.29) is 0 Å². The Morgan fingerprint density at radius 2 is 0.707 bits per heavy atom. The molecule has 0 heterocycles. The van der Waals surface area contributed by atoms with Gasteiger partial charge in [0.05, 0.1) is 11.1 Å². The quantitative estimate of drug-likeness (QED) is 0.170. The Hall–Kier alpha value is -7.48. The molecule has 1 heteroatoms. The molecule has 0 atom stereocenters. The summed E-state index contributed by atoms with van der Waals surface area (Å²) in [7, 11) is 0. The minimum absolute atomic E-state index is 0.428. The van der Waals surface area contributed by atoms with Gasteiger partial charge in [-0.1, -0.05) is 182 Å². The first kappa shape index (κ1) is 32.7. The van der Waals surface area contributed by atoms with Gasteiger partial charge in [-0.15, -0.1) is 0 Å². The van der Waals surface area contributed by atoms with E-state index < -0.39 is 5.41 Å². The third-order valence-corrected chi connectivity index (χ3v) is 12.6. The van der Waals surface area contributed by atoms with Gasteiger partial charge in [-0.3, -0.25) is 0 Å². The highest BCUT2D eigenvalue weighted by molar-refractivity contribution is 5.99. The zero-order valence-electron chi connectivity index (χ0n) is 31.8. The number of para-hydroxylation sites is 1. The molecule has 0 radical (unpaired) electrons. The van der Waals surface area contributed by atoms with Crippen LogP contribution >= 0.6 is 0 Å². The van der Waals surface area contributed by atoms with E-state index in [1.165, 1.54) is 88.3 Å². The maximum atomic E-state index is 2.49. The number of nitrogens with zero attached hydrogens (tertiary/aromatic N) is 1. The second kappa shape index (κ2) is 12.8. The Balaban J connectivity index is 1.07. The second-order valence-corrected chi connectivity index (χ2v) is 15.6. The van der Waals surface area contributed by atoms with Crippen molar-refractivity contribution in [2.75, 3.05) is 4.90 Å². The summed E-state index contributed by atoms with van der Waals surface area (Å²) in [5, 5.41) is 4.93. The van der Waals surface area contributed by atoms with Crippen LogP contribution in [0.1, 0.15) is 22.3 Å². The van der Waals surface area contributed by atoms with E-state index in [1.807, 2.05) is 0 Å². The van der Waals surface area contributed by atoms with Crippen molar-refractivity contribution in [3.63, 3.8) is 0 Å². The molecule has 2 aliphatic rings. The summed E-state index contributed by atoms with van der Waals surface area (Å²) in [4.78, 5) is 2.47. The van der Waals surface area contributed by atoms with E-state index in [9.17, 15) is 0 Å². The van der Waals surface area contributed by atoms with Gasteiger partial charge in [0, 0.05) is 16.9 Å². The minimum atomic E-state index is -0.428. The number of fused-ring (bicyclic) bond motifs is 12. The van der Waals surface area contributed by atoms with Crippen molar-refractivity contribution in [2.45, 2.75) is 5.41 Å². The van der Waals surface area contributed by atoms with E-state index >= 15 is 0 Å². The average Bonchev–Trinajstić information content (AvgIpc) is 3.76. The molecular formula is C57H37N. The van der Waals surface area contributed by atoms with Crippen LogP contribution in [-0.2, 0) is 5.41 Å². The molecule has 1 spiro atoms.